The van der Waals surface area contributed by atoms with Crippen LogP contribution in [0.15, 0.2) is 29.3 Å². The van der Waals surface area contributed by atoms with Gasteiger partial charge in [-0.25, -0.2) is 13.4 Å². The Kier molecular flexibility index (Phi) is 12.1. The van der Waals surface area contributed by atoms with Gasteiger partial charge in [0.25, 0.3) is 0 Å². The SMILES string of the molecule is CCNC(=NCc1cccc(CN2CCOCC2)c1)NC(C)CCS(C)(=O)=O.I. The lowest BCUT2D eigenvalue weighted by atomic mass is 10.1. The number of nitrogens with zero attached hydrogens (tertiary/aromatic N) is 2. The molecule has 1 aromatic carbocycles. The van der Waals surface area contributed by atoms with Gasteiger partial charge in [0.05, 0.1) is 25.5 Å². The number of guanidine groups is 1. The second-order valence-electron chi connectivity index (χ2n) is 7.37. The summed E-state index contributed by atoms with van der Waals surface area (Å²) in [5.74, 6) is 0.881. The molecule has 2 rings (SSSR count). The summed E-state index contributed by atoms with van der Waals surface area (Å²) in [5, 5.41) is 6.52. The minimum absolute atomic E-state index is 0. The first-order chi connectivity index (χ1) is 13.4. The molecule has 1 atom stereocenters. The smallest absolute Gasteiger partial charge is 0.191 e. The molecule has 1 aromatic rings. The Hall–Kier alpha value is -0.910. The van der Waals surface area contributed by atoms with Gasteiger partial charge in [0.1, 0.15) is 9.84 Å². The number of halogens is 1. The van der Waals surface area contributed by atoms with E-state index in [4.69, 9.17) is 4.74 Å². The zero-order valence-corrected chi connectivity index (χ0v) is 20.8. The van der Waals surface area contributed by atoms with E-state index in [0.717, 1.165) is 45.0 Å². The predicted octanol–water partition coefficient (Wildman–Crippen LogP) is 2.02. The zero-order valence-electron chi connectivity index (χ0n) is 17.7. The van der Waals surface area contributed by atoms with Gasteiger partial charge in [-0.2, -0.15) is 0 Å². The van der Waals surface area contributed by atoms with Crippen molar-refractivity contribution < 1.29 is 13.2 Å². The van der Waals surface area contributed by atoms with Crippen molar-refractivity contribution in [1.82, 2.24) is 15.5 Å². The molecule has 9 heteroatoms. The third kappa shape index (κ3) is 11.2. The number of morpholine rings is 1. The summed E-state index contributed by atoms with van der Waals surface area (Å²) in [7, 11) is -2.95. The van der Waals surface area contributed by atoms with Crippen LogP contribution >= 0.6 is 24.0 Å². The fraction of sp³-hybridized carbons (Fsp3) is 0.650. The van der Waals surface area contributed by atoms with Crippen molar-refractivity contribution in [1.29, 1.82) is 0 Å². The van der Waals surface area contributed by atoms with Crippen molar-refractivity contribution in [2.45, 2.75) is 39.4 Å². The van der Waals surface area contributed by atoms with Crippen molar-refractivity contribution in [2.75, 3.05) is 44.9 Å². The molecule has 0 amide bonds. The molecular weight excluding hydrogens is 503 g/mol. The molecule has 1 saturated heterocycles. The lowest BCUT2D eigenvalue weighted by Crippen LogP contribution is -2.42. The molecule has 7 nitrogen and oxygen atoms in total. The maximum absolute atomic E-state index is 11.3. The molecule has 1 unspecified atom stereocenters. The minimum Gasteiger partial charge on any atom is -0.379 e. The van der Waals surface area contributed by atoms with Gasteiger partial charge in [0.15, 0.2) is 5.96 Å². The third-order valence-electron chi connectivity index (χ3n) is 4.57. The zero-order chi connectivity index (χ0) is 20.4. The average molecular weight is 538 g/mol. The maximum atomic E-state index is 11.3. The first-order valence-electron chi connectivity index (χ1n) is 9.96. The highest BCUT2D eigenvalue weighted by Crippen LogP contribution is 2.11. The first-order valence-corrected chi connectivity index (χ1v) is 12.0. The van der Waals surface area contributed by atoms with Crippen molar-refractivity contribution in [3.63, 3.8) is 0 Å². The molecule has 1 heterocycles. The van der Waals surface area contributed by atoms with Gasteiger partial charge < -0.3 is 15.4 Å². The van der Waals surface area contributed by atoms with Crippen LogP contribution in [0, 0.1) is 0 Å². The molecule has 0 spiro atoms. The number of sulfone groups is 1. The second kappa shape index (κ2) is 13.4. The summed E-state index contributed by atoms with van der Waals surface area (Å²) in [5.41, 5.74) is 2.45. The van der Waals surface area contributed by atoms with E-state index in [1.807, 2.05) is 13.8 Å². The fourth-order valence-electron chi connectivity index (χ4n) is 3.03. The van der Waals surface area contributed by atoms with Crippen LogP contribution in [0.4, 0.5) is 0 Å². The number of ether oxygens (including phenoxy) is 1. The molecule has 0 bridgehead atoms. The number of benzene rings is 1. The van der Waals surface area contributed by atoms with E-state index in [2.05, 4.69) is 44.8 Å². The van der Waals surface area contributed by atoms with Crippen LogP contribution in [0.1, 0.15) is 31.4 Å². The summed E-state index contributed by atoms with van der Waals surface area (Å²) in [6, 6.07) is 8.55. The Balaban J connectivity index is 0.00000420. The molecule has 29 heavy (non-hydrogen) atoms. The monoisotopic (exact) mass is 538 g/mol. The van der Waals surface area contributed by atoms with Crippen LogP contribution in [-0.4, -0.2) is 70.2 Å². The van der Waals surface area contributed by atoms with E-state index >= 15 is 0 Å². The minimum atomic E-state index is -2.95. The van der Waals surface area contributed by atoms with Gasteiger partial charge in [0.2, 0.25) is 0 Å². The molecule has 0 aromatic heterocycles. The van der Waals surface area contributed by atoms with Gasteiger partial charge in [-0.05, 0) is 31.4 Å². The Labute approximate surface area is 192 Å². The first kappa shape index (κ1) is 26.1. The molecule has 2 N–H and O–H groups in total. The Morgan fingerprint density at radius 3 is 2.62 bits per heavy atom. The van der Waals surface area contributed by atoms with Gasteiger partial charge in [0, 0.05) is 38.5 Å². The number of aliphatic imine (C=N–C) groups is 1. The second-order valence-corrected chi connectivity index (χ2v) is 9.63. The van der Waals surface area contributed by atoms with Crippen LogP contribution in [0.2, 0.25) is 0 Å². The summed E-state index contributed by atoms with van der Waals surface area (Å²) >= 11 is 0. The summed E-state index contributed by atoms with van der Waals surface area (Å²) in [6.07, 6.45) is 1.82. The van der Waals surface area contributed by atoms with E-state index in [0.29, 0.717) is 18.9 Å². The van der Waals surface area contributed by atoms with Crippen LogP contribution < -0.4 is 10.6 Å². The highest BCUT2D eigenvalue weighted by molar-refractivity contribution is 14.0. The van der Waals surface area contributed by atoms with Crippen molar-refractivity contribution >= 4 is 39.8 Å². The van der Waals surface area contributed by atoms with Gasteiger partial charge in [-0.3, -0.25) is 4.90 Å². The predicted molar refractivity (Wildman–Crippen MR) is 130 cm³/mol. The van der Waals surface area contributed by atoms with Gasteiger partial charge in [-0.15, -0.1) is 24.0 Å². The topological polar surface area (TPSA) is 83.0 Å². The van der Waals surface area contributed by atoms with Crippen LogP contribution in [0.5, 0.6) is 0 Å². The van der Waals surface area contributed by atoms with Gasteiger partial charge in [-0.1, -0.05) is 24.3 Å². The summed E-state index contributed by atoms with van der Waals surface area (Å²) < 4.78 is 28.1. The summed E-state index contributed by atoms with van der Waals surface area (Å²) in [6.45, 7) is 9.81. The van der Waals surface area contributed by atoms with Crippen LogP contribution in [-0.2, 0) is 27.7 Å². The maximum Gasteiger partial charge on any atom is 0.191 e. The molecule has 1 fully saturated rings. The number of nitrogens with one attached hydrogen (secondary N) is 2. The normalized spacial score (nSPS) is 16.7. The molecule has 0 saturated carbocycles. The van der Waals surface area contributed by atoms with E-state index in [-0.39, 0.29) is 35.8 Å². The number of hydrogen-bond acceptors (Lipinski definition) is 5. The quantitative estimate of drug-likeness (QED) is 0.285. The van der Waals surface area contributed by atoms with Crippen molar-refractivity contribution in [3.05, 3.63) is 35.4 Å². The Morgan fingerprint density at radius 2 is 1.97 bits per heavy atom. The Morgan fingerprint density at radius 1 is 1.28 bits per heavy atom. The van der Waals surface area contributed by atoms with Crippen LogP contribution in [0.25, 0.3) is 0 Å². The standard InChI is InChI=1S/C20H34N4O3S.HI/c1-4-21-20(23-17(2)8-13-28(3,25)26)22-15-18-6-5-7-19(14-18)16-24-9-11-27-12-10-24;/h5-7,14,17H,4,8-13,15-16H2,1-3H3,(H2,21,22,23);1H. The van der Waals surface area contributed by atoms with Crippen molar-refractivity contribution in [3.8, 4) is 0 Å². The molecule has 0 aliphatic carbocycles. The lowest BCUT2D eigenvalue weighted by molar-refractivity contribution is 0.0342. The Bertz CT molecular complexity index is 737. The van der Waals surface area contributed by atoms with E-state index in [1.165, 1.54) is 11.8 Å². The highest BCUT2D eigenvalue weighted by Gasteiger charge is 2.11. The molecule has 166 valence electrons. The highest BCUT2D eigenvalue weighted by atomic mass is 127. The fourth-order valence-corrected chi connectivity index (χ4v) is 3.81. The van der Waals surface area contributed by atoms with Crippen LogP contribution in [0.3, 0.4) is 0 Å². The molecule has 1 aliphatic heterocycles. The number of hydrogen-bond donors (Lipinski definition) is 2. The van der Waals surface area contributed by atoms with E-state index in [9.17, 15) is 8.42 Å². The van der Waals surface area contributed by atoms with E-state index < -0.39 is 9.84 Å². The number of rotatable bonds is 9. The third-order valence-corrected chi connectivity index (χ3v) is 5.55. The lowest BCUT2D eigenvalue weighted by Gasteiger charge is -2.26. The summed E-state index contributed by atoms with van der Waals surface area (Å²) in [4.78, 5) is 7.07. The average Bonchev–Trinajstić information content (AvgIpc) is 2.65. The largest absolute Gasteiger partial charge is 0.379 e. The molecular formula is C20H35IN4O3S. The van der Waals surface area contributed by atoms with Crippen molar-refractivity contribution in [2.24, 2.45) is 4.99 Å². The van der Waals surface area contributed by atoms with Gasteiger partial charge >= 0.3 is 0 Å². The molecule has 0 radical (unpaired) electrons. The molecule has 1 aliphatic rings. The van der Waals surface area contributed by atoms with E-state index in [1.54, 1.807) is 0 Å².